The summed E-state index contributed by atoms with van der Waals surface area (Å²) in [6.45, 7) is 5.45. The summed E-state index contributed by atoms with van der Waals surface area (Å²) in [4.78, 5) is 16.0. The molecule has 0 spiro atoms. The van der Waals surface area contributed by atoms with Crippen LogP contribution in [-0.2, 0) is 18.6 Å². The second-order valence-electron chi connectivity index (χ2n) is 5.53. The van der Waals surface area contributed by atoms with E-state index in [9.17, 15) is 9.90 Å². The van der Waals surface area contributed by atoms with Crippen molar-refractivity contribution in [3.05, 3.63) is 41.5 Å². The molecule has 1 heterocycles. The fourth-order valence-corrected chi connectivity index (χ4v) is 1.86. The van der Waals surface area contributed by atoms with Gasteiger partial charge in [0.1, 0.15) is 11.4 Å². The van der Waals surface area contributed by atoms with Gasteiger partial charge in [0.25, 0.3) is 0 Å². The summed E-state index contributed by atoms with van der Waals surface area (Å²) in [6, 6.07) is 7.35. The standard InChI is InChI=1S/C15H21N5O2/c1-4-10-6-5-7-11(8-10)17-14(21)16-9-12-18-13(20-19-12)15(2,3)22/h5-8,22H,4,9H2,1-3H3,(H2,16,17,21)(H,18,19,20). The van der Waals surface area contributed by atoms with Crippen LogP contribution >= 0.6 is 0 Å². The number of aromatic nitrogens is 3. The van der Waals surface area contributed by atoms with E-state index in [1.54, 1.807) is 13.8 Å². The van der Waals surface area contributed by atoms with Gasteiger partial charge < -0.3 is 15.7 Å². The summed E-state index contributed by atoms with van der Waals surface area (Å²) in [6.07, 6.45) is 0.912. The quantitative estimate of drug-likeness (QED) is 0.677. The zero-order chi connectivity index (χ0) is 16.2. The average Bonchev–Trinajstić information content (AvgIpc) is 2.94. The number of H-pyrrole nitrogens is 1. The fraction of sp³-hybridized carbons (Fsp3) is 0.400. The van der Waals surface area contributed by atoms with Crippen LogP contribution in [0.2, 0.25) is 0 Å². The van der Waals surface area contributed by atoms with Gasteiger partial charge in [-0.25, -0.2) is 9.78 Å². The summed E-state index contributed by atoms with van der Waals surface area (Å²) in [5.41, 5.74) is 0.784. The Kier molecular flexibility index (Phi) is 4.77. The van der Waals surface area contributed by atoms with Crippen molar-refractivity contribution in [3.63, 3.8) is 0 Å². The fourth-order valence-electron chi connectivity index (χ4n) is 1.86. The van der Waals surface area contributed by atoms with Crippen LogP contribution in [0.15, 0.2) is 24.3 Å². The lowest BCUT2D eigenvalue weighted by atomic mass is 10.1. The van der Waals surface area contributed by atoms with E-state index in [0.29, 0.717) is 11.6 Å². The van der Waals surface area contributed by atoms with Gasteiger partial charge in [0.2, 0.25) is 0 Å². The summed E-state index contributed by atoms with van der Waals surface area (Å²) in [5, 5.41) is 21.8. The first-order valence-corrected chi connectivity index (χ1v) is 7.16. The SMILES string of the molecule is CCc1cccc(NC(=O)NCc2nc(C(C)(C)O)n[nH]2)c1. The zero-order valence-corrected chi connectivity index (χ0v) is 13.0. The molecule has 7 heteroatoms. The van der Waals surface area contributed by atoms with E-state index >= 15 is 0 Å². The topological polar surface area (TPSA) is 103 Å². The number of aliphatic hydroxyl groups is 1. The Labute approximate surface area is 129 Å². The Balaban J connectivity index is 1.88. The number of anilines is 1. The highest BCUT2D eigenvalue weighted by Gasteiger charge is 2.21. The van der Waals surface area contributed by atoms with Crippen molar-refractivity contribution in [3.8, 4) is 0 Å². The first-order chi connectivity index (χ1) is 10.4. The van der Waals surface area contributed by atoms with Gasteiger partial charge in [-0.05, 0) is 38.0 Å². The molecule has 0 atom stereocenters. The van der Waals surface area contributed by atoms with Crippen molar-refractivity contribution in [1.29, 1.82) is 0 Å². The Hall–Kier alpha value is -2.41. The van der Waals surface area contributed by atoms with E-state index < -0.39 is 5.60 Å². The number of nitrogens with one attached hydrogen (secondary N) is 3. The van der Waals surface area contributed by atoms with Gasteiger partial charge in [0.05, 0.1) is 6.54 Å². The molecule has 0 aliphatic heterocycles. The highest BCUT2D eigenvalue weighted by molar-refractivity contribution is 5.89. The predicted octanol–water partition coefficient (Wildman–Crippen LogP) is 1.92. The molecule has 118 valence electrons. The predicted molar refractivity (Wildman–Crippen MR) is 83.3 cm³/mol. The molecule has 22 heavy (non-hydrogen) atoms. The highest BCUT2D eigenvalue weighted by atomic mass is 16.3. The molecular weight excluding hydrogens is 282 g/mol. The third kappa shape index (κ3) is 4.29. The maximum atomic E-state index is 11.9. The number of carbonyl (C=O) groups excluding carboxylic acids is 1. The smallest absolute Gasteiger partial charge is 0.319 e. The molecule has 4 N–H and O–H groups in total. The molecule has 0 saturated heterocycles. The molecule has 0 aliphatic carbocycles. The van der Waals surface area contributed by atoms with Crippen molar-refractivity contribution >= 4 is 11.7 Å². The van der Waals surface area contributed by atoms with Crippen LogP contribution in [0, 0.1) is 0 Å². The first kappa shape index (κ1) is 16.0. The zero-order valence-electron chi connectivity index (χ0n) is 13.0. The third-order valence-electron chi connectivity index (χ3n) is 3.09. The molecule has 2 aromatic rings. The van der Waals surface area contributed by atoms with Crippen LogP contribution in [0.4, 0.5) is 10.5 Å². The Morgan fingerprint density at radius 1 is 1.41 bits per heavy atom. The normalized spacial score (nSPS) is 11.3. The summed E-state index contributed by atoms with van der Waals surface area (Å²) < 4.78 is 0. The molecular formula is C15H21N5O2. The molecule has 0 fully saturated rings. The van der Waals surface area contributed by atoms with Crippen LogP contribution < -0.4 is 10.6 Å². The monoisotopic (exact) mass is 303 g/mol. The molecule has 1 aromatic carbocycles. The maximum absolute atomic E-state index is 11.9. The number of aromatic amines is 1. The van der Waals surface area contributed by atoms with Gasteiger partial charge in [0.15, 0.2) is 5.82 Å². The van der Waals surface area contributed by atoms with Crippen molar-refractivity contribution in [2.24, 2.45) is 0 Å². The second kappa shape index (κ2) is 6.57. The number of urea groups is 1. The van der Waals surface area contributed by atoms with Crippen molar-refractivity contribution in [2.75, 3.05) is 5.32 Å². The molecule has 2 rings (SSSR count). The molecule has 7 nitrogen and oxygen atoms in total. The largest absolute Gasteiger partial charge is 0.382 e. The third-order valence-corrected chi connectivity index (χ3v) is 3.09. The minimum Gasteiger partial charge on any atom is -0.382 e. The molecule has 0 radical (unpaired) electrons. The van der Waals surface area contributed by atoms with E-state index in [1.165, 1.54) is 0 Å². The number of hydrogen-bond donors (Lipinski definition) is 4. The molecule has 1 aromatic heterocycles. The van der Waals surface area contributed by atoms with Crippen LogP contribution in [0.3, 0.4) is 0 Å². The van der Waals surface area contributed by atoms with Gasteiger partial charge in [-0.3, -0.25) is 5.10 Å². The van der Waals surface area contributed by atoms with E-state index in [0.717, 1.165) is 17.7 Å². The van der Waals surface area contributed by atoms with Crippen LogP contribution in [-0.4, -0.2) is 26.3 Å². The Morgan fingerprint density at radius 3 is 2.82 bits per heavy atom. The van der Waals surface area contributed by atoms with Crippen LogP contribution in [0.25, 0.3) is 0 Å². The number of amides is 2. The van der Waals surface area contributed by atoms with Gasteiger partial charge in [-0.2, -0.15) is 5.10 Å². The molecule has 0 saturated carbocycles. The number of aryl methyl sites for hydroxylation is 1. The molecule has 2 amide bonds. The van der Waals surface area contributed by atoms with Gasteiger partial charge >= 0.3 is 6.03 Å². The van der Waals surface area contributed by atoms with E-state index in [1.807, 2.05) is 24.3 Å². The lowest BCUT2D eigenvalue weighted by Gasteiger charge is -2.10. The van der Waals surface area contributed by atoms with Gasteiger partial charge in [0, 0.05) is 5.69 Å². The Bertz CT molecular complexity index is 645. The summed E-state index contributed by atoms with van der Waals surface area (Å²) in [7, 11) is 0. The maximum Gasteiger partial charge on any atom is 0.319 e. The van der Waals surface area contributed by atoms with Crippen LogP contribution in [0.5, 0.6) is 0 Å². The Morgan fingerprint density at radius 2 is 2.18 bits per heavy atom. The molecule has 0 bridgehead atoms. The first-order valence-electron chi connectivity index (χ1n) is 7.16. The minimum atomic E-state index is -1.11. The average molecular weight is 303 g/mol. The minimum absolute atomic E-state index is 0.197. The number of benzene rings is 1. The van der Waals surface area contributed by atoms with E-state index in [4.69, 9.17) is 0 Å². The summed E-state index contributed by atoms with van der Waals surface area (Å²) in [5.74, 6) is 0.773. The second-order valence-corrected chi connectivity index (χ2v) is 5.53. The molecule has 0 aliphatic rings. The van der Waals surface area contributed by atoms with Crippen molar-refractivity contribution < 1.29 is 9.90 Å². The number of carbonyl (C=O) groups is 1. The van der Waals surface area contributed by atoms with E-state index in [2.05, 4.69) is 32.7 Å². The lowest BCUT2D eigenvalue weighted by Crippen LogP contribution is -2.28. The number of rotatable bonds is 5. The van der Waals surface area contributed by atoms with E-state index in [-0.39, 0.29) is 12.6 Å². The lowest BCUT2D eigenvalue weighted by molar-refractivity contribution is 0.0690. The van der Waals surface area contributed by atoms with Gasteiger partial charge in [-0.15, -0.1) is 0 Å². The number of hydrogen-bond acceptors (Lipinski definition) is 4. The highest BCUT2D eigenvalue weighted by Crippen LogP contribution is 2.14. The molecule has 0 unspecified atom stereocenters. The van der Waals surface area contributed by atoms with Crippen molar-refractivity contribution in [1.82, 2.24) is 20.5 Å². The number of nitrogens with zero attached hydrogens (tertiary/aromatic N) is 2. The van der Waals surface area contributed by atoms with Gasteiger partial charge in [-0.1, -0.05) is 19.1 Å². The van der Waals surface area contributed by atoms with Crippen LogP contribution in [0.1, 0.15) is 38.0 Å². The van der Waals surface area contributed by atoms with Crippen molar-refractivity contribution in [2.45, 2.75) is 39.3 Å². The summed E-state index contributed by atoms with van der Waals surface area (Å²) >= 11 is 0.